The van der Waals surface area contributed by atoms with Crippen molar-refractivity contribution in [3.8, 4) is 0 Å². The van der Waals surface area contributed by atoms with Crippen LogP contribution in [0.2, 0.25) is 0 Å². The van der Waals surface area contributed by atoms with Gasteiger partial charge in [0, 0.05) is 6.20 Å². The lowest BCUT2D eigenvalue weighted by Gasteiger charge is -1.84. The fourth-order valence-corrected chi connectivity index (χ4v) is 0.716. The highest BCUT2D eigenvalue weighted by molar-refractivity contribution is 5.34. The molecule has 1 radical (unpaired) electrons. The summed E-state index contributed by atoms with van der Waals surface area (Å²) >= 11 is 0. The van der Waals surface area contributed by atoms with Crippen molar-refractivity contribution in [2.75, 3.05) is 0 Å². The lowest BCUT2D eigenvalue weighted by molar-refractivity contribution is 1.10. The second-order valence-electron chi connectivity index (χ2n) is 1.73. The Hall–Kier alpha value is -1.38. The lowest BCUT2D eigenvalue weighted by atomic mass is 10.5. The molecule has 2 rings (SSSR count). The summed E-state index contributed by atoms with van der Waals surface area (Å²) in [5, 5.41) is 7.51. The van der Waals surface area contributed by atoms with Gasteiger partial charge in [-0.2, -0.15) is 0 Å². The average Bonchev–Trinajstić information content (AvgIpc) is 2.33. The first-order chi connectivity index (χ1) is 4.47. The Bertz CT molecular complexity index is 282. The van der Waals surface area contributed by atoms with Gasteiger partial charge in [0.05, 0.1) is 0 Å². The highest BCUT2D eigenvalue weighted by atomic mass is 15.2. The van der Waals surface area contributed by atoms with Crippen molar-refractivity contribution < 1.29 is 0 Å². The minimum absolute atomic E-state index is 0.855. The van der Waals surface area contributed by atoms with Crippen molar-refractivity contribution in [2.24, 2.45) is 0 Å². The summed E-state index contributed by atoms with van der Waals surface area (Å²) in [5.41, 5.74) is 0.855. The van der Waals surface area contributed by atoms with Gasteiger partial charge < -0.3 is 0 Å². The maximum atomic E-state index is 3.81. The predicted molar refractivity (Wildman–Crippen MR) is 31.8 cm³/mol. The molecule has 0 atom stereocenters. The SMILES string of the molecule is [c]1ccc2nncn2c1. The number of aromatic nitrogens is 3. The highest BCUT2D eigenvalue weighted by Gasteiger charge is 1.87. The van der Waals surface area contributed by atoms with Crippen LogP contribution in [0.3, 0.4) is 0 Å². The van der Waals surface area contributed by atoms with Crippen LogP contribution in [-0.2, 0) is 0 Å². The molecular weight excluding hydrogens is 114 g/mol. The molecule has 2 aromatic heterocycles. The molecule has 3 nitrogen and oxygen atoms in total. The molecule has 0 unspecified atom stereocenters. The molecule has 9 heavy (non-hydrogen) atoms. The molecule has 0 aromatic carbocycles. The van der Waals surface area contributed by atoms with Crippen LogP contribution in [0, 0.1) is 6.07 Å². The van der Waals surface area contributed by atoms with E-state index in [2.05, 4.69) is 16.3 Å². The largest absolute Gasteiger partial charge is 0.288 e. The van der Waals surface area contributed by atoms with Crippen LogP contribution < -0.4 is 0 Å². The van der Waals surface area contributed by atoms with Gasteiger partial charge in [0.15, 0.2) is 5.65 Å². The van der Waals surface area contributed by atoms with Crippen LogP contribution in [0.4, 0.5) is 0 Å². The minimum Gasteiger partial charge on any atom is -0.288 e. The van der Waals surface area contributed by atoms with Crippen molar-refractivity contribution in [1.29, 1.82) is 0 Å². The molecule has 0 aliphatic rings. The molecule has 0 aliphatic heterocycles. The summed E-state index contributed by atoms with van der Waals surface area (Å²) in [6.07, 6.45) is 3.43. The number of rotatable bonds is 0. The van der Waals surface area contributed by atoms with Crippen molar-refractivity contribution in [3.05, 3.63) is 30.7 Å². The van der Waals surface area contributed by atoms with E-state index in [1.807, 2.05) is 12.1 Å². The fraction of sp³-hybridized carbons (Fsp3) is 0. The van der Waals surface area contributed by atoms with Gasteiger partial charge in [-0.25, -0.2) is 0 Å². The van der Waals surface area contributed by atoms with Crippen LogP contribution in [0.25, 0.3) is 5.65 Å². The van der Waals surface area contributed by atoms with E-state index >= 15 is 0 Å². The average molecular weight is 118 g/mol. The Morgan fingerprint density at radius 2 is 2.56 bits per heavy atom. The van der Waals surface area contributed by atoms with E-state index in [1.165, 1.54) is 0 Å². The maximum Gasteiger partial charge on any atom is 0.160 e. The number of hydrogen-bond acceptors (Lipinski definition) is 2. The molecule has 0 aliphatic carbocycles. The molecular formula is C6H4N3. The number of fused-ring (bicyclic) bond motifs is 1. The van der Waals surface area contributed by atoms with Gasteiger partial charge in [-0.1, -0.05) is 0 Å². The summed E-state index contributed by atoms with van der Waals surface area (Å²) in [6.45, 7) is 0. The van der Waals surface area contributed by atoms with E-state index < -0.39 is 0 Å². The topological polar surface area (TPSA) is 30.2 Å². The molecule has 0 saturated heterocycles. The van der Waals surface area contributed by atoms with E-state index in [1.54, 1.807) is 16.9 Å². The van der Waals surface area contributed by atoms with Gasteiger partial charge >= 0.3 is 0 Å². The second kappa shape index (κ2) is 1.55. The van der Waals surface area contributed by atoms with E-state index in [0.29, 0.717) is 0 Å². The molecule has 0 saturated carbocycles. The molecule has 0 bridgehead atoms. The zero-order valence-electron chi connectivity index (χ0n) is 4.65. The molecule has 0 amide bonds. The number of nitrogens with zero attached hydrogens (tertiary/aromatic N) is 3. The van der Waals surface area contributed by atoms with Crippen molar-refractivity contribution in [2.45, 2.75) is 0 Å². The van der Waals surface area contributed by atoms with Gasteiger partial charge in [-0.15, -0.1) is 10.2 Å². The van der Waals surface area contributed by atoms with Crippen LogP contribution in [0.5, 0.6) is 0 Å². The van der Waals surface area contributed by atoms with Gasteiger partial charge in [-0.3, -0.25) is 4.40 Å². The first-order valence-corrected chi connectivity index (χ1v) is 2.62. The van der Waals surface area contributed by atoms with Gasteiger partial charge in [-0.05, 0) is 18.2 Å². The second-order valence-corrected chi connectivity index (χ2v) is 1.73. The summed E-state index contributed by atoms with van der Waals surface area (Å²) in [6, 6.07) is 6.57. The zero-order valence-corrected chi connectivity index (χ0v) is 4.65. The molecule has 2 aromatic rings. The summed E-state index contributed by atoms with van der Waals surface area (Å²) in [5.74, 6) is 0. The lowest BCUT2D eigenvalue weighted by Crippen LogP contribution is -1.77. The molecule has 0 N–H and O–H groups in total. The standard InChI is InChI=1S/C6H4N3/c1-2-4-9-5-7-8-6(9)3-1/h1,3-5H. The normalized spacial score (nSPS) is 10.2. The minimum atomic E-state index is 0.855. The van der Waals surface area contributed by atoms with Crippen LogP contribution in [0.15, 0.2) is 24.7 Å². The Balaban J connectivity index is 2.95. The summed E-state index contributed by atoms with van der Waals surface area (Å²) in [7, 11) is 0. The first-order valence-electron chi connectivity index (χ1n) is 2.62. The summed E-state index contributed by atoms with van der Waals surface area (Å²) in [4.78, 5) is 0. The van der Waals surface area contributed by atoms with Crippen molar-refractivity contribution in [3.63, 3.8) is 0 Å². The van der Waals surface area contributed by atoms with E-state index in [0.717, 1.165) is 5.65 Å². The molecule has 43 valence electrons. The molecule has 2 heterocycles. The smallest absolute Gasteiger partial charge is 0.160 e. The molecule has 0 fully saturated rings. The number of hydrogen-bond donors (Lipinski definition) is 0. The Kier molecular flexibility index (Phi) is 0.773. The van der Waals surface area contributed by atoms with E-state index in [9.17, 15) is 0 Å². The van der Waals surface area contributed by atoms with Crippen molar-refractivity contribution >= 4 is 5.65 Å². The zero-order chi connectivity index (χ0) is 6.10. The maximum absolute atomic E-state index is 3.81. The predicted octanol–water partition coefficient (Wildman–Crippen LogP) is 0.529. The third kappa shape index (κ3) is 0.579. The Morgan fingerprint density at radius 1 is 1.56 bits per heavy atom. The highest BCUT2D eigenvalue weighted by Crippen LogP contribution is 1.93. The molecule has 3 heteroatoms. The Morgan fingerprint density at radius 3 is 3.44 bits per heavy atom. The quantitative estimate of drug-likeness (QED) is 0.505. The monoisotopic (exact) mass is 118 g/mol. The van der Waals surface area contributed by atoms with Crippen molar-refractivity contribution in [1.82, 2.24) is 14.6 Å². The summed E-state index contributed by atoms with van der Waals surface area (Å²) < 4.78 is 1.81. The van der Waals surface area contributed by atoms with Crippen LogP contribution in [0.1, 0.15) is 0 Å². The third-order valence-corrected chi connectivity index (χ3v) is 1.14. The Labute approximate surface area is 52.0 Å². The van der Waals surface area contributed by atoms with Gasteiger partial charge in [0.25, 0.3) is 0 Å². The van der Waals surface area contributed by atoms with Crippen LogP contribution in [-0.4, -0.2) is 14.6 Å². The number of pyridine rings is 1. The van der Waals surface area contributed by atoms with E-state index in [4.69, 9.17) is 0 Å². The van der Waals surface area contributed by atoms with E-state index in [-0.39, 0.29) is 0 Å². The van der Waals surface area contributed by atoms with Crippen LogP contribution >= 0.6 is 0 Å². The third-order valence-electron chi connectivity index (χ3n) is 1.14. The first kappa shape index (κ1) is 4.49. The molecule has 0 spiro atoms. The van der Waals surface area contributed by atoms with Gasteiger partial charge in [0.1, 0.15) is 6.33 Å². The van der Waals surface area contributed by atoms with Gasteiger partial charge in [0.2, 0.25) is 0 Å². The fourth-order valence-electron chi connectivity index (χ4n) is 0.716.